The van der Waals surface area contributed by atoms with Gasteiger partial charge in [0.05, 0.1) is 16.1 Å². The molecule has 0 saturated heterocycles. The first kappa shape index (κ1) is 10.2. The van der Waals surface area contributed by atoms with Crippen molar-refractivity contribution >= 4 is 11.3 Å². The van der Waals surface area contributed by atoms with Crippen molar-refractivity contribution in [2.75, 3.05) is 0 Å². The number of rotatable bonds is 2. The lowest BCUT2D eigenvalue weighted by Gasteiger charge is -1.86. The second-order valence-corrected chi connectivity index (χ2v) is 4.65. The Hall–Kier alpha value is -1.95. The van der Waals surface area contributed by atoms with Crippen molar-refractivity contribution in [1.29, 1.82) is 0 Å². The first-order valence-electron chi connectivity index (χ1n) is 5.12. The van der Waals surface area contributed by atoms with Gasteiger partial charge in [0.2, 0.25) is 5.82 Å². The molecule has 0 fully saturated rings. The Morgan fingerprint density at radius 3 is 2.94 bits per heavy atom. The van der Waals surface area contributed by atoms with E-state index in [9.17, 15) is 0 Å². The SMILES string of the molecule is Cc1nn(C)cc1-c1nc(-c2cccs2)no1. The van der Waals surface area contributed by atoms with Crippen LogP contribution in [0.2, 0.25) is 0 Å². The summed E-state index contributed by atoms with van der Waals surface area (Å²) >= 11 is 1.59. The molecule has 0 amide bonds. The van der Waals surface area contributed by atoms with Crippen molar-refractivity contribution in [2.24, 2.45) is 7.05 Å². The molecule has 3 aromatic rings. The second kappa shape index (κ2) is 3.81. The minimum Gasteiger partial charge on any atom is -0.333 e. The second-order valence-electron chi connectivity index (χ2n) is 3.70. The molecule has 86 valence electrons. The molecular weight excluding hydrogens is 236 g/mol. The van der Waals surface area contributed by atoms with E-state index in [-0.39, 0.29) is 0 Å². The van der Waals surface area contributed by atoms with Crippen LogP contribution in [0.5, 0.6) is 0 Å². The molecule has 6 heteroatoms. The fourth-order valence-corrected chi connectivity index (χ4v) is 2.30. The summed E-state index contributed by atoms with van der Waals surface area (Å²) < 4.78 is 7.00. The van der Waals surface area contributed by atoms with E-state index >= 15 is 0 Å². The number of aryl methyl sites for hydroxylation is 2. The summed E-state index contributed by atoms with van der Waals surface area (Å²) in [4.78, 5) is 5.38. The van der Waals surface area contributed by atoms with Gasteiger partial charge >= 0.3 is 0 Å². The van der Waals surface area contributed by atoms with Crippen LogP contribution in [0.1, 0.15) is 5.69 Å². The highest BCUT2D eigenvalue weighted by molar-refractivity contribution is 7.13. The van der Waals surface area contributed by atoms with Crippen molar-refractivity contribution in [2.45, 2.75) is 6.92 Å². The lowest BCUT2D eigenvalue weighted by atomic mass is 10.3. The van der Waals surface area contributed by atoms with E-state index in [0.717, 1.165) is 16.1 Å². The average molecular weight is 246 g/mol. The zero-order valence-electron chi connectivity index (χ0n) is 9.41. The number of hydrogen-bond acceptors (Lipinski definition) is 5. The summed E-state index contributed by atoms with van der Waals surface area (Å²) in [7, 11) is 1.87. The van der Waals surface area contributed by atoms with E-state index in [1.165, 1.54) is 0 Å². The van der Waals surface area contributed by atoms with E-state index in [4.69, 9.17) is 4.52 Å². The van der Waals surface area contributed by atoms with Crippen LogP contribution < -0.4 is 0 Å². The Balaban J connectivity index is 2.03. The topological polar surface area (TPSA) is 56.7 Å². The minimum absolute atomic E-state index is 0.513. The first-order chi connectivity index (χ1) is 8.24. The van der Waals surface area contributed by atoms with Crippen LogP contribution in [0.3, 0.4) is 0 Å². The van der Waals surface area contributed by atoms with Crippen LogP contribution in [0.4, 0.5) is 0 Å². The number of nitrogens with zero attached hydrogens (tertiary/aromatic N) is 4. The summed E-state index contributed by atoms with van der Waals surface area (Å²) in [5, 5.41) is 10.2. The summed E-state index contributed by atoms with van der Waals surface area (Å²) in [6.45, 7) is 1.92. The molecule has 3 rings (SSSR count). The third-order valence-corrected chi connectivity index (χ3v) is 3.28. The maximum Gasteiger partial charge on any atom is 0.261 e. The van der Waals surface area contributed by atoms with Crippen molar-refractivity contribution in [3.05, 3.63) is 29.4 Å². The molecule has 0 aromatic carbocycles. The standard InChI is InChI=1S/C11H10N4OS/c1-7-8(6-15(2)13-7)11-12-10(14-16-11)9-4-3-5-17-9/h3-6H,1-2H3. The van der Waals surface area contributed by atoms with Crippen molar-refractivity contribution in [1.82, 2.24) is 19.9 Å². The van der Waals surface area contributed by atoms with Crippen LogP contribution in [-0.2, 0) is 7.05 Å². The van der Waals surface area contributed by atoms with E-state index in [1.54, 1.807) is 16.0 Å². The van der Waals surface area contributed by atoms with Gasteiger partial charge in [0.1, 0.15) is 0 Å². The smallest absolute Gasteiger partial charge is 0.261 e. The predicted octanol–water partition coefficient (Wildman–Crippen LogP) is 2.51. The number of aromatic nitrogens is 4. The zero-order chi connectivity index (χ0) is 11.8. The third kappa shape index (κ3) is 1.76. The Labute approximate surface area is 102 Å². The summed E-state index contributed by atoms with van der Waals surface area (Å²) in [6.07, 6.45) is 1.88. The highest BCUT2D eigenvalue weighted by Gasteiger charge is 2.15. The van der Waals surface area contributed by atoms with Crippen LogP contribution in [0.25, 0.3) is 22.2 Å². The summed E-state index contributed by atoms with van der Waals surface area (Å²) in [5.74, 6) is 1.14. The quantitative estimate of drug-likeness (QED) is 0.697. The van der Waals surface area contributed by atoms with E-state index in [1.807, 2.05) is 37.7 Å². The molecule has 0 spiro atoms. The molecule has 0 radical (unpaired) electrons. The highest BCUT2D eigenvalue weighted by Crippen LogP contribution is 2.26. The molecule has 0 bridgehead atoms. The first-order valence-corrected chi connectivity index (χ1v) is 6.00. The van der Waals surface area contributed by atoms with Crippen LogP contribution in [-0.4, -0.2) is 19.9 Å². The predicted molar refractivity (Wildman–Crippen MR) is 64.6 cm³/mol. The average Bonchev–Trinajstić information content (AvgIpc) is 2.97. The van der Waals surface area contributed by atoms with Crippen LogP contribution in [0, 0.1) is 6.92 Å². The van der Waals surface area contributed by atoms with Crippen molar-refractivity contribution < 1.29 is 4.52 Å². The number of thiophene rings is 1. The molecule has 0 atom stereocenters. The van der Waals surface area contributed by atoms with Gasteiger partial charge in [-0.3, -0.25) is 4.68 Å². The number of hydrogen-bond donors (Lipinski definition) is 0. The van der Waals surface area contributed by atoms with Crippen molar-refractivity contribution in [3.8, 4) is 22.2 Å². The van der Waals surface area contributed by atoms with E-state index in [2.05, 4.69) is 15.2 Å². The Morgan fingerprint density at radius 2 is 2.29 bits per heavy atom. The molecule has 0 aliphatic rings. The van der Waals surface area contributed by atoms with Gasteiger partial charge in [0.15, 0.2) is 0 Å². The van der Waals surface area contributed by atoms with E-state index in [0.29, 0.717) is 11.7 Å². The van der Waals surface area contributed by atoms with Crippen molar-refractivity contribution in [3.63, 3.8) is 0 Å². The Morgan fingerprint density at radius 1 is 1.41 bits per heavy atom. The fraction of sp³-hybridized carbons (Fsp3) is 0.182. The van der Waals surface area contributed by atoms with Gasteiger partial charge in [0, 0.05) is 13.2 Å². The molecule has 0 aliphatic heterocycles. The van der Waals surface area contributed by atoms with Gasteiger partial charge in [0.25, 0.3) is 5.89 Å². The van der Waals surface area contributed by atoms with E-state index < -0.39 is 0 Å². The molecule has 0 N–H and O–H groups in total. The molecule has 3 heterocycles. The zero-order valence-corrected chi connectivity index (χ0v) is 10.2. The maximum atomic E-state index is 5.26. The molecule has 0 saturated carbocycles. The third-order valence-electron chi connectivity index (χ3n) is 2.41. The molecule has 5 nitrogen and oxygen atoms in total. The van der Waals surface area contributed by atoms with Gasteiger partial charge in [-0.15, -0.1) is 11.3 Å². The molecule has 0 aliphatic carbocycles. The molecule has 3 aromatic heterocycles. The minimum atomic E-state index is 0.513. The van der Waals surface area contributed by atoms with Crippen LogP contribution >= 0.6 is 11.3 Å². The van der Waals surface area contributed by atoms with Gasteiger partial charge in [-0.25, -0.2) is 0 Å². The molecule has 0 unspecified atom stereocenters. The maximum absolute atomic E-state index is 5.26. The highest BCUT2D eigenvalue weighted by atomic mass is 32.1. The lowest BCUT2D eigenvalue weighted by Crippen LogP contribution is -1.86. The summed E-state index contributed by atoms with van der Waals surface area (Å²) in [6, 6.07) is 3.93. The van der Waals surface area contributed by atoms with Gasteiger partial charge in [-0.05, 0) is 18.4 Å². The normalized spacial score (nSPS) is 10.9. The molecular formula is C11H10N4OS. The lowest BCUT2D eigenvalue weighted by molar-refractivity contribution is 0.432. The monoisotopic (exact) mass is 246 g/mol. The van der Waals surface area contributed by atoms with Crippen LogP contribution in [0.15, 0.2) is 28.2 Å². The van der Waals surface area contributed by atoms with Gasteiger partial charge < -0.3 is 4.52 Å². The summed E-state index contributed by atoms with van der Waals surface area (Å²) in [5.41, 5.74) is 1.76. The fourth-order valence-electron chi connectivity index (χ4n) is 1.65. The Bertz CT molecular complexity index is 638. The van der Waals surface area contributed by atoms with Gasteiger partial charge in [-0.1, -0.05) is 11.2 Å². The Kier molecular flexibility index (Phi) is 2.29. The largest absolute Gasteiger partial charge is 0.333 e. The molecule has 17 heavy (non-hydrogen) atoms. The van der Waals surface area contributed by atoms with Gasteiger partial charge in [-0.2, -0.15) is 10.1 Å².